The molecule has 0 bridgehead atoms. The van der Waals surface area contributed by atoms with Crippen LogP contribution < -0.4 is 10.1 Å². The molecule has 2 aliphatic heterocycles. The van der Waals surface area contributed by atoms with Gasteiger partial charge in [0.2, 0.25) is 0 Å². The lowest BCUT2D eigenvalue weighted by Gasteiger charge is -2.44. The summed E-state index contributed by atoms with van der Waals surface area (Å²) in [5.41, 5.74) is 1.52. The van der Waals surface area contributed by atoms with Crippen LogP contribution in [-0.4, -0.2) is 47.0 Å². The second kappa shape index (κ2) is 10.6. The number of hydrogen-bond donors (Lipinski definition) is 1. The number of rotatable bonds is 3. The highest BCUT2D eigenvalue weighted by molar-refractivity contribution is 6.05. The Balaban J connectivity index is 1.32. The number of nitrogens with one attached hydrogen (secondary N) is 1. The number of amides is 2. The molecule has 1 spiro atoms. The van der Waals surface area contributed by atoms with Gasteiger partial charge >= 0.3 is 6.09 Å². The Morgan fingerprint density at radius 1 is 0.976 bits per heavy atom. The summed E-state index contributed by atoms with van der Waals surface area (Å²) in [7, 11) is 0. The number of anilines is 1. The quantitative estimate of drug-likeness (QED) is 0.374. The Hall–Kier alpha value is -4.27. The van der Waals surface area contributed by atoms with Crippen LogP contribution in [0.2, 0.25) is 0 Å². The zero-order valence-corrected chi connectivity index (χ0v) is 23.5. The van der Waals surface area contributed by atoms with Gasteiger partial charge in [-0.1, -0.05) is 18.2 Å². The molecule has 1 saturated heterocycles. The smallest absolute Gasteiger partial charge is 0.410 e. The van der Waals surface area contributed by atoms with Crippen molar-refractivity contribution in [2.45, 2.75) is 58.2 Å². The second-order valence-corrected chi connectivity index (χ2v) is 11.6. The molecular formula is C32H32F2N2O5. The van der Waals surface area contributed by atoms with Crippen LogP contribution in [0.3, 0.4) is 0 Å². The number of Topliss-reactive ketones (excluding diaryl/α,β-unsaturated/α-hetero) is 1. The summed E-state index contributed by atoms with van der Waals surface area (Å²) in [4.78, 5) is 39.8. The maximum Gasteiger partial charge on any atom is 0.410 e. The van der Waals surface area contributed by atoms with Gasteiger partial charge in [0.05, 0.1) is 12.0 Å². The van der Waals surface area contributed by atoms with E-state index in [1.165, 1.54) is 6.07 Å². The molecule has 2 amide bonds. The van der Waals surface area contributed by atoms with Crippen molar-refractivity contribution >= 4 is 23.5 Å². The molecule has 0 aliphatic carbocycles. The molecule has 0 aromatic heterocycles. The fourth-order valence-corrected chi connectivity index (χ4v) is 5.30. The number of likely N-dealkylation sites (tertiary alicyclic amines) is 1. The van der Waals surface area contributed by atoms with Crippen molar-refractivity contribution in [2.75, 3.05) is 18.4 Å². The average molecular weight is 563 g/mol. The minimum atomic E-state index is -0.938. The Morgan fingerprint density at radius 2 is 1.61 bits per heavy atom. The first kappa shape index (κ1) is 28.3. The molecule has 9 heteroatoms. The summed E-state index contributed by atoms with van der Waals surface area (Å²) in [5, 5.41) is 2.53. The summed E-state index contributed by atoms with van der Waals surface area (Å²) in [6, 6.07) is 13.8. The van der Waals surface area contributed by atoms with Crippen molar-refractivity contribution in [2.24, 2.45) is 0 Å². The van der Waals surface area contributed by atoms with E-state index in [2.05, 4.69) is 5.32 Å². The molecule has 7 nitrogen and oxygen atoms in total. The van der Waals surface area contributed by atoms with E-state index < -0.39 is 34.3 Å². The van der Waals surface area contributed by atoms with Crippen LogP contribution in [0.25, 0.3) is 11.1 Å². The minimum absolute atomic E-state index is 0.00468. The Labute approximate surface area is 237 Å². The zero-order chi connectivity index (χ0) is 29.5. The number of hydrogen-bond acceptors (Lipinski definition) is 5. The van der Waals surface area contributed by atoms with Crippen LogP contribution in [0.15, 0.2) is 54.6 Å². The molecule has 0 unspecified atom stereocenters. The van der Waals surface area contributed by atoms with Crippen LogP contribution >= 0.6 is 0 Å². The number of benzene rings is 3. The lowest BCUT2D eigenvalue weighted by molar-refractivity contribution is -0.0226. The first-order valence-electron chi connectivity index (χ1n) is 13.5. The number of ketones is 1. The number of carbonyl (C=O) groups excluding carboxylic acids is 3. The molecule has 3 aromatic rings. The van der Waals surface area contributed by atoms with Gasteiger partial charge < -0.3 is 19.7 Å². The van der Waals surface area contributed by atoms with Crippen molar-refractivity contribution in [3.8, 4) is 16.9 Å². The molecule has 214 valence electrons. The normalized spacial score (nSPS) is 16.1. The van der Waals surface area contributed by atoms with Crippen LogP contribution in [0.4, 0.5) is 19.3 Å². The van der Waals surface area contributed by atoms with Crippen molar-refractivity contribution in [1.82, 2.24) is 4.90 Å². The lowest BCUT2D eigenvalue weighted by atomic mass is 9.81. The number of nitrogens with zero attached hydrogens (tertiary/aromatic N) is 1. The third-order valence-electron chi connectivity index (χ3n) is 7.41. The molecule has 2 heterocycles. The summed E-state index contributed by atoms with van der Waals surface area (Å²) >= 11 is 0. The summed E-state index contributed by atoms with van der Waals surface area (Å²) in [6.45, 7) is 8.24. The summed E-state index contributed by atoms with van der Waals surface area (Å²) in [6.07, 6.45) is 0.902. The number of ether oxygens (including phenoxy) is 2. The lowest BCUT2D eigenvalue weighted by Crippen LogP contribution is -2.53. The fourth-order valence-electron chi connectivity index (χ4n) is 5.30. The number of piperidine rings is 1. The molecular weight excluding hydrogens is 530 g/mol. The van der Waals surface area contributed by atoms with Gasteiger partial charge in [0.15, 0.2) is 5.78 Å². The average Bonchev–Trinajstić information content (AvgIpc) is 2.89. The van der Waals surface area contributed by atoms with Crippen LogP contribution in [0.5, 0.6) is 5.75 Å². The van der Waals surface area contributed by atoms with Gasteiger partial charge in [-0.2, -0.15) is 0 Å². The first-order valence-corrected chi connectivity index (χ1v) is 13.5. The Kier molecular flexibility index (Phi) is 7.32. The van der Waals surface area contributed by atoms with Crippen molar-refractivity contribution in [3.05, 3.63) is 82.9 Å². The minimum Gasteiger partial charge on any atom is -0.486 e. The molecule has 0 atom stereocenters. The molecule has 2 aliphatic rings. The van der Waals surface area contributed by atoms with E-state index in [9.17, 15) is 23.2 Å². The van der Waals surface area contributed by atoms with E-state index in [0.717, 1.165) is 28.8 Å². The molecule has 5 rings (SSSR count). The molecule has 1 fully saturated rings. The van der Waals surface area contributed by atoms with Crippen molar-refractivity contribution in [1.29, 1.82) is 0 Å². The highest BCUT2D eigenvalue weighted by Gasteiger charge is 2.44. The molecule has 1 N–H and O–H groups in total. The highest BCUT2D eigenvalue weighted by atomic mass is 19.1. The third kappa shape index (κ3) is 5.94. The van der Waals surface area contributed by atoms with Crippen LogP contribution in [0, 0.1) is 18.6 Å². The molecule has 41 heavy (non-hydrogen) atoms. The predicted octanol–water partition coefficient (Wildman–Crippen LogP) is 6.93. The van der Waals surface area contributed by atoms with Crippen LogP contribution in [0.1, 0.15) is 66.3 Å². The van der Waals surface area contributed by atoms with Gasteiger partial charge in [-0.05, 0) is 80.8 Å². The second-order valence-electron chi connectivity index (χ2n) is 11.6. The van der Waals surface area contributed by atoms with Gasteiger partial charge in [0.1, 0.15) is 34.1 Å². The molecule has 0 saturated carbocycles. The summed E-state index contributed by atoms with van der Waals surface area (Å²) in [5.74, 6) is -2.25. The SMILES string of the molecule is Cc1cc2c(cc1-c1ccc(NC(=O)c3c(F)cccc3F)cc1)OC1(CCN(C(=O)OC(C)(C)C)CC1)CC2=O. The number of aryl methyl sites for hydroxylation is 1. The van der Waals surface area contributed by atoms with Gasteiger partial charge in [0.25, 0.3) is 5.91 Å². The largest absolute Gasteiger partial charge is 0.486 e. The summed E-state index contributed by atoms with van der Waals surface area (Å²) < 4.78 is 40.0. The fraction of sp³-hybridized carbons (Fsp3) is 0.344. The third-order valence-corrected chi connectivity index (χ3v) is 7.41. The van der Waals surface area contributed by atoms with E-state index in [1.54, 1.807) is 29.2 Å². The Bertz CT molecular complexity index is 1500. The van der Waals surface area contributed by atoms with Crippen molar-refractivity contribution in [3.63, 3.8) is 0 Å². The van der Waals surface area contributed by atoms with Gasteiger partial charge in [-0.25, -0.2) is 13.6 Å². The molecule has 3 aromatic carbocycles. The van der Waals surface area contributed by atoms with E-state index in [4.69, 9.17) is 9.47 Å². The maximum absolute atomic E-state index is 14.0. The number of carbonyl (C=O) groups is 3. The standard InChI is InChI=1S/C32H32F2N2O5/c1-19-16-23-26(37)18-32(12-14-36(15-13-32)30(39)41-31(2,3)4)40-27(23)17-22(19)20-8-10-21(11-9-20)35-29(38)28-24(33)6-5-7-25(28)34/h5-11,16-17H,12-15,18H2,1-4H3,(H,35,38). The number of halogens is 2. The van der Waals surface area contributed by atoms with Crippen LogP contribution in [-0.2, 0) is 4.74 Å². The van der Waals surface area contributed by atoms with E-state index in [-0.39, 0.29) is 18.3 Å². The first-order chi connectivity index (χ1) is 19.3. The monoisotopic (exact) mass is 562 g/mol. The van der Waals surface area contributed by atoms with Crippen molar-refractivity contribution < 1.29 is 32.6 Å². The topological polar surface area (TPSA) is 84.9 Å². The van der Waals surface area contributed by atoms with Gasteiger partial charge in [-0.15, -0.1) is 0 Å². The van der Waals surface area contributed by atoms with Gasteiger partial charge in [-0.3, -0.25) is 9.59 Å². The number of fused-ring (bicyclic) bond motifs is 1. The maximum atomic E-state index is 14.0. The highest BCUT2D eigenvalue weighted by Crippen LogP contribution is 2.42. The Morgan fingerprint density at radius 3 is 2.22 bits per heavy atom. The molecule has 0 radical (unpaired) electrons. The zero-order valence-electron chi connectivity index (χ0n) is 23.5. The van der Waals surface area contributed by atoms with Gasteiger partial charge in [0, 0.05) is 31.6 Å². The predicted molar refractivity (Wildman–Crippen MR) is 150 cm³/mol. The van der Waals surface area contributed by atoms with E-state index in [1.807, 2.05) is 39.8 Å². The van der Waals surface area contributed by atoms with E-state index >= 15 is 0 Å². The van der Waals surface area contributed by atoms with E-state index in [0.29, 0.717) is 42.9 Å².